The van der Waals surface area contributed by atoms with E-state index in [2.05, 4.69) is 10.4 Å². The molecule has 0 atom stereocenters. The zero-order valence-corrected chi connectivity index (χ0v) is 10.3. The zero-order valence-electron chi connectivity index (χ0n) is 10.3. The maximum absolute atomic E-state index is 13.3. The molecule has 0 aliphatic rings. The predicted molar refractivity (Wildman–Crippen MR) is 61.9 cm³/mol. The predicted octanol–water partition coefficient (Wildman–Crippen LogP) is 3.33. The van der Waals surface area contributed by atoms with Crippen LogP contribution in [0.2, 0.25) is 0 Å². The first-order valence-electron chi connectivity index (χ1n) is 5.56. The molecule has 0 aliphatic carbocycles. The summed E-state index contributed by atoms with van der Waals surface area (Å²) in [6, 6.07) is 3.66. The molecular formula is C12H10F5N3. The van der Waals surface area contributed by atoms with Crippen LogP contribution in [0.5, 0.6) is 0 Å². The number of hydrogen-bond donors (Lipinski definition) is 1. The average molecular weight is 291 g/mol. The molecule has 0 spiro atoms. The molecule has 0 amide bonds. The second-order valence-electron chi connectivity index (χ2n) is 4.12. The highest BCUT2D eigenvalue weighted by atomic mass is 19.4. The summed E-state index contributed by atoms with van der Waals surface area (Å²) >= 11 is 0. The average Bonchev–Trinajstić information content (AvgIpc) is 2.72. The molecule has 2 rings (SSSR count). The summed E-state index contributed by atoms with van der Waals surface area (Å²) in [6.07, 6.45) is -4.54. The molecule has 0 radical (unpaired) electrons. The largest absolute Gasteiger partial charge is 0.435 e. The van der Waals surface area contributed by atoms with E-state index >= 15 is 0 Å². The van der Waals surface area contributed by atoms with E-state index in [1.54, 1.807) is 0 Å². The summed E-state index contributed by atoms with van der Waals surface area (Å²) in [7, 11) is 1.34. The minimum absolute atomic E-state index is 0.111. The van der Waals surface area contributed by atoms with Crippen LogP contribution in [0.25, 0.3) is 0 Å². The van der Waals surface area contributed by atoms with Crippen molar-refractivity contribution in [3.63, 3.8) is 0 Å². The van der Waals surface area contributed by atoms with Crippen LogP contribution >= 0.6 is 0 Å². The van der Waals surface area contributed by atoms with Crippen LogP contribution < -0.4 is 5.32 Å². The second-order valence-corrected chi connectivity index (χ2v) is 4.12. The molecular weight excluding hydrogens is 281 g/mol. The smallest absolute Gasteiger partial charge is 0.377 e. The number of aromatic nitrogens is 2. The van der Waals surface area contributed by atoms with Crippen molar-refractivity contribution < 1.29 is 22.0 Å². The van der Waals surface area contributed by atoms with E-state index < -0.39 is 23.5 Å². The monoisotopic (exact) mass is 291 g/mol. The van der Waals surface area contributed by atoms with Crippen LogP contribution in [-0.2, 0) is 19.8 Å². The summed E-state index contributed by atoms with van der Waals surface area (Å²) in [5.41, 5.74) is -0.961. The number of anilines is 1. The number of nitrogens with one attached hydrogen (secondary N) is 1. The second kappa shape index (κ2) is 5.10. The van der Waals surface area contributed by atoms with Crippen LogP contribution in [0.3, 0.4) is 0 Å². The molecule has 0 saturated heterocycles. The van der Waals surface area contributed by atoms with E-state index in [4.69, 9.17) is 0 Å². The van der Waals surface area contributed by atoms with E-state index in [0.29, 0.717) is 0 Å². The minimum atomic E-state index is -4.54. The van der Waals surface area contributed by atoms with Gasteiger partial charge in [0.15, 0.2) is 5.69 Å². The molecule has 0 bridgehead atoms. The van der Waals surface area contributed by atoms with E-state index in [0.717, 1.165) is 28.9 Å². The van der Waals surface area contributed by atoms with E-state index in [-0.39, 0.29) is 17.9 Å². The first-order chi connectivity index (χ1) is 9.27. The van der Waals surface area contributed by atoms with Gasteiger partial charge in [-0.1, -0.05) is 0 Å². The van der Waals surface area contributed by atoms with Crippen LogP contribution in [0, 0.1) is 11.6 Å². The van der Waals surface area contributed by atoms with Gasteiger partial charge in [-0.15, -0.1) is 0 Å². The van der Waals surface area contributed by atoms with Gasteiger partial charge in [-0.3, -0.25) is 4.68 Å². The molecule has 0 unspecified atom stereocenters. The highest BCUT2D eigenvalue weighted by Crippen LogP contribution is 2.28. The van der Waals surface area contributed by atoms with Gasteiger partial charge < -0.3 is 5.32 Å². The quantitative estimate of drug-likeness (QED) is 0.879. The van der Waals surface area contributed by atoms with E-state index in [9.17, 15) is 22.0 Å². The fourth-order valence-electron chi connectivity index (χ4n) is 1.63. The number of benzene rings is 1. The number of halogens is 5. The first kappa shape index (κ1) is 14.3. The van der Waals surface area contributed by atoms with Gasteiger partial charge in [-0.2, -0.15) is 18.3 Å². The van der Waals surface area contributed by atoms with Gasteiger partial charge in [-0.05, 0) is 24.3 Å². The Kier molecular flexibility index (Phi) is 3.65. The fourth-order valence-corrected chi connectivity index (χ4v) is 1.63. The minimum Gasteiger partial charge on any atom is -0.377 e. The maximum atomic E-state index is 13.3. The Morgan fingerprint density at radius 2 is 1.90 bits per heavy atom. The summed E-state index contributed by atoms with van der Waals surface area (Å²) in [6.45, 7) is -0.111. The molecule has 1 N–H and O–H groups in total. The third-order valence-corrected chi connectivity index (χ3v) is 2.66. The molecule has 0 aliphatic heterocycles. The topological polar surface area (TPSA) is 29.9 Å². The van der Waals surface area contributed by atoms with Crippen molar-refractivity contribution in [2.24, 2.45) is 7.05 Å². The van der Waals surface area contributed by atoms with Crippen molar-refractivity contribution in [3.8, 4) is 0 Å². The standard InChI is InChI=1S/C12H10F5N3/c1-20-8(5-11(19-20)12(15,16)17)6-18-10-4-7(13)2-3-9(10)14/h2-5,18H,6H2,1H3. The van der Waals surface area contributed by atoms with E-state index in [1.807, 2.05) is 0 Å². The van der Waals surface area contributed by atoms with Crippen molar-refractivity contribution in [2.75, 3.05) is 5.32 Å². The lowest BCUT2D eigenvalue weighted by molar-refractivity contribution is -0.141. The third-order valence-electron chi connectivity index (χ3n) is 2.66. The van der Waals surface area contributed by atoms with Gasteiger partial charge in [0.1, 0.15) is 11.6 Å². The third kappa shape index (κ3) is 3.06. The van der Waals surface area contributed by atoms with Crippen molar-refractivity contribution in [1.29, 1.82) is 0 Å². The van der Waals surface area contributed by atoms with E-state index in [1.165, 1.54) is 7.05 Å². The van der Waals surface area contributed by atoms with Crippen LogP contribution in [0.1, 0.15) is 11.4 Å². The molecule has 1 aromatic heterocycles. The van der Waals surface area contributed by atoms with Crippen molar-refractivity contribution >= 4 is 5.69 Å². The van der Waals surface area contributed by atoms with Crippen LogP contribution in [0.15, 0.2) is 24.3 Å². The molecule has 0 fully saturated rings. The van der Waals surface area contributed by atoms with Gasteiger partial charge in [0.2, 0.25) is 0 Å². The fraction of sp³-hybridized carbons (Fsp3) is 0.250. The molecule has 2 aromatic rings. The first-order valence-corrected chi connectivity index (χ1v) is 5.56. The van der Waals surface area contributed by atoms with Gasteiger partial charge in [0.25, 0.3) is 0 Å². The summed E-state index contributed by atoms with van der Waals surface area (Å²) in [4.78, 5) is 0. The Hall–Kier alpha value is -2.12. The van der Waals surface area contributed by atoms with Crippen molar-refractivity contribution in [2.45, 2.75) is 12.7 Å². The number of nitrogens with zero attached hydrogens (tertiary/aromatic N) is 2. The lowest BCUT2D eigenvalue weighted by Crippen LogP contribution is -2.07. The molecule has 1 aromatic carbocycles. The molecule has 8 heteroatoms. The number of hydrogen-bond acceptors (Lipinski definition) is 2. The Morgan fingerprint density at radius 1 is 1.20 bits per heavy atom. The number of alkyl halides is 3. The van der Waals surface area contributed by atoms with Crippen LogP contribution in [-0.4, -0.2) is 9.78 Å². The van der Waals surface area contributed by atoms with Crippen LogP contribution in [0.4, 0.5) is 27.6 Å². The highest BCUT2D eigenvalue weighted by molar-refractivity contribution is 5.45. The Balaban J connectivity index is 2.15. The highest BCUT2D eigenvalue weighted by Gasteiger charge is 2.34. The zero-order chi connectivity index (χ0) is 14.9. The Morgan fingerprint density at radius 3 is 2.50 bits per heavy atom. The summed E-state index contributed by atoms with van der Waals surface area (Å²) < 4.78 is 64.7. The van der Waals surface area contributed by atoms with Gasteiger partial charge in [-0.25, -0.2) is 8.78 Å². The van der Waals surface area contributed by atoms with Gasteiger partial charge in [0.05, 0.1) is 17.9 Å². The molecule has 20 heavy (non-hydrogen) atoms. The maximum Gasteiger partial charge on any atom is 0.435 e. The summed E-state index contributed by atoms with van der Waals surface area (Å²) in [5, 5.41) is 5.85. The van der Waals surface area contributed by atoms with Crippen molar-refractivity contribution in [3.05, 3.63) is 47.3 Å². The summed E-state index contributed by atoms with van der Waals surface area (Å²) in [5.74, 6) is -1.33. The SMILES string of the molecule is Cn1nc(C(F)(F)F)cc1CNc1cc(F)ccc1F. The lowest BCUT2D eigenvalue weighted by atomic mass is 10.2. The van der Waals surface area contributed by atoms with Gasteiger partial charge in [0, 0.05) is 7.05 Å². The molecule has 1 heterocycles. The Bertz CT molecular complexity index is 618. The molecule has 3 nitrogen and oxygen atoms in total. The Labute approximate surface area is 111 Å². The molecule has 108 valence electrons. The number of rotatable bonds is 3. The lowest BCUT2D eigenvalue weighted by Gasteiger charge is -2.07. The van der Waals surface area contributed by atoms with Crippen molar-refractivity contribution in [1.82, 2.24) is 9.78 Å². The number of aryl methyl sites for hydroxylation is 1. The normalized spacial score (nSPS) is 11.7. The molecule has 0 saturated carbocycles. The van der Waals surface area contributed by atoms with Gasteiger partial charge >= 0.3 is 6.18 Å².